The van der Waals surface area contributed by atoms with Gasteiger partial charge < -0.3 is 20.1 Å². The summed E-state index contributed by atoms with van der Waals surface area (Å²) in [6.45, 7) is 3.81. The molecule has 1 aliphatic rings. The van der Waals surface area contributed by atoms with Crippen molar-refractivity contribution in [2.45, 2.75) is 57.7 Å². The Kier molecular flexibility index (Phi) is 6.28. The number of nitrogens with zero attached hydrogens (tertiary/aromatic N) is 1. The molecular formula is C18H28N2O3. The Balaban J connectivity index is 2.01. The van der Waals surface area contributed by atoms with Crippen LogP contribution in [0.2, 0.25) is 0 Å². The molecule has 2 N–H and O–H groups in total. The Hall–Kier alpha value is -1.75. The molecule has 23 heavy (non-hydrogen) atoms. The van der Waals surface area contributed by atoms with Crippen LogP contribution in [0.15, 0.2) is 24.3 Å². The number of amides is 2. The summed E-state index contributed by atoms with van der Waals surface area (Å²) in [6.07, 6.45) is 4.07. The molecule has 5 heteroatoms. The zero-order chi connectivity index (χ0) is 16.8. The average Bonchev–Trinajstić information content (AvgIpc) is 2.57. The molecule has 0 aliphatic heterocycles. The van der Waals surface area contributed by atoms with E-state index in [0.29, 0.717) is 0 Å². The van der Waals surface area contributed by atoms with Gasteiger partial charge in [0.05, 0.1) is 18.7 Å². The van der Waals surface area contributed by atoms with E-state index < -0.39 is 0 Å². The first kappa shape index (κ1) is 17.6. The maximum Gasteiger partial charge on any atom is 0.317 e. The molecule has 2 amide bonds. The number of carbonyl (C=O) groups is 1. The van der Waals surface area contributed by atoms with Gasteiger partial charge in [-0.15, -0.1) is 0 Å². The third-order valence-corrected chi connectivity index (χ3v) is 4.63. The summed E-state index contributed by atoms with van der Waals surface area (Å²) in [4.78, 5) is 13.9. The molecule has 1 aliphatic carbocycles. The van der Waals surface area contributed by atoms with Crippen LogP contribution in [0.3, 0.4) is 0 Å². The Bertz CT molecular complexity index is 521. The summed E-state index contributed by atoms with van der Waals surface area (Å²) in [5, 5.41) is 12.3. The number of benzene rings is 1. The van der Waals surface area contributed by atoms with Crippen LogP contribution in [-0.4, -0.2) is 47.9 Å². The van der Waals surface area contributed by atoms with E-state index in [1.165, 1.54) is 0 Å². The van der Waals surface area contributed by atoms with E-state index in [1.54, 1.807) is 11.9 Å². The first-order valence-electron chi connectivity index (χ1n) is 8.39. The van der Waals surface area contributed by atoms with E-state index in [2.05, 4.69) is 5.32 Å². The van der Waals surface area contributed by atoms with E-state index >= 15 is 0 Å². The summed E-state index contributed by atoms with van der Waals surface area (Å²) in [5.41, 5.74) is 1.11. The monoisotopic (exact) mass is 320 g/mol. The van der Waals surface area contributed by atoms with Gasteiger partial charge in [0.15, 0.2) is 0 Å². The zero-order valence-electron chi connectivity index (χ0n) is 14.3. The van der Waals surface area contributed by atoms with Gasteiger partial charge in [0.25, 0.3) is 0 Å². The SMILES string of the molecule is Cc1ccccc1OC1CCCCC1NC(=O)N(C)C(C)CO. The molecule has 1 fully saturated rings. The highest BCUT2D eigenvalue weighted by Gasteiger charge is 2.30. The van der Waals surface area contributed by atoms with Gasteiger partial charge in [-0.2, -0.15) is 0 Å². The molecular weight excluding hydrogens is 292 g/mol. The summed E-state index contributed by atoms with van der Waals surface area (Å²) in [7, 11) is 1.70. The number of aryl methyl sites for hydroxylation is 1. The number of aliphatic hydroxyl groups excluding tert-OH is 1. The van der Waals surface area contributed by atoms with Crippen LogP contribution in [0.1, 0.15) is 38.2 Å². The fourth-order valence-electron chi connectivity index (χ4n) is 2.84. The fourth-order valence-corrected chi connectivity index (χ4v) is 2.84. The lowest BCUT2D eigenvalue weighted by Gasteiger charge is -2.34. The molecule has 128 valence electrons. The lowest BCUT2D eigenvalue weighted by atomic mass is 9.92. The molecule has 2 rings (SSSR count). The van der Waals surface area contributed by atoms with Crippen molar-refractivity contribution in [1.29, 1.82) is 0 Å². The van der Waals surface area contributed by atoms with E-state index in [1.807, 2.05) is 38.1 Å². The second kappa shape index (κ2) is 8.20. The van der Waals surface area contributed by atoms with Crippen LogP contribution in [0.4, 0.5) is 4.79 Å². The predicted octanol–water partition coefficient (Wildman–Crippen LogP) is 2.71. The molecule has 0 heterocycles. The summed E-state index contributed by atoms with van der Waals surface area (Å²) < 4.78 is 6.18. The van der Waals surface area contributed by atoms with Crippen LogP contribution >= 0.6 is 0 Å². The number of ether oxygens (including phenoxy) is 1. The van der Waals surface area contributed by atoms with Crippen LogP contribution < -0.4 is 10.1 Å². The van der Waals surface area contributed by atoms with Gasteiger partial charge in [-0.25, -0.2) is 4.79 Å². The average molecular weight is 320 g/mol. The van der Waals surface area contributed by atoms with Gasteiger partial charge in [-0.05, 0) is 44.7 Å². The van der Waals surface area contributed by atoms with Crippen LogP contribution in [0.25, 0.3) is 0 Å². The maximum atomic E-state index is 12.3. The Morgan fingerprint density at radius 3 is 2.78 bits per heavy atom. The quantitative estimate of drug-likeness (QED) is 0.877. The highest BCUT2D eigenvalue weighted by atomic mass is 16.5. The van der Waals surface area contributed by atoms with Gasteiger partial charge >= 0.3 is 6.03 Å². The third-order valence-electron chi connectivity index (χ3n) is 4.63. The smallest absolute Gasteiger partial charge is 0.317 e. The molecule has 1 saturated carbocycles. The normalized spacial score (nSPS) is 22.3. The van der Waals surface area contributed by atoms with E-state index in [0.717, 1.165) is 37.0 Å². The van der Waals surface area contributed by atoms with Crippen molar-refractivity contribution in [3.63, 3.8) is 0 Å². The van der Waals surface area contributed by atoms with Gasteiger partial charge in [0.1, 0.15) is 11.9 Å². The summed E-state index contributed by atoms with van der Waals surface area (Å²) in [5.74, 6) is 0.885. The van der Waals surface area contributed by atoms with E-state index in [4.69, 9.17) is 4.74 Å². The topological polar surface area (TPSA) is 61.8 Å². The number of para-hydroxylation sites is 1. The van der Waals surface area contributed by atoms with Crippen molar-refractivity contribution in [3.05, 3.63) is 29.8 Å². The van der Waals surface area contributed by atoms with Crippen LogP contribution in [0.5, 0.6) is 5.75 Å². The second-order valence-electron chi connectivity index (χ2n) is 6.40. The minimum absolute atomic E-state index is 0.00389. The third kappa shape index (κ3) is 4.61. The van der Waals surface area contributed by atoms with Crippen molar-refractivity contribution in [2.75, 3.05) is 13.7 Å². The molecule has 3 atom stereocenters. The Morgan fingerprint density at radius 1 is 1.39 bits per heavy atom. The number of carbonyl (C=O) groups excluding carboxylic acids is 1. The summed E-state index contributed by atoms with van der Waals surface area (Å²) >= 11 is 0. The molecule has 0 bridgehead atoms. The van der Waals surface area contributed by atoms with Gasteiger partial charge in [-0.3, -0.25) is 0 Å². The minimum atomic E-state index is -0.200. The molecule has 1 aromatic rings. The minimum Gasteiger partial charge on any atom is -0.488 e. The van der Waals surface area contributed by atoms with E-state index in [-0.39, 0.29) is 30.8 Å². The van der Waals surface area contributed by atoms with Crippen molar-refractivity contribution in [2.24, 2.45) is 0 Å². The summed E-state index contributed by atoms with van der Waals surface area (Å²) in [6, 6.07) is 7.61. The lowest BCUT2D eigenvalue weighted by molar-refractivity contribution is 0.105. The lowest BCUT2D eigenvalue weighted by Crippen LogP contribution is -2.53. The predicted molar refractivity (Wildman–Crippen MR) is 90.7 cm³/mol. The maximum absolute atomic E-state index is 12.3. The molecule has 0 aromatic heterocycles. The number of hydrogen-bond donors (Lipinski definition) is 2. The number of likely N-dealkylation sites (N-methyl/N-ethyl adjacent to an activating group) is 1. The molecule has 0 saturated heterocycles. The van der Waals surface area contributed by atoms with Crippen molar-refractivity contribution in [1.82, 2.24) is 10.2 Å². The highest BCUT2D eigenvalue weighted by Crippen LogP contribution is 2.26. The molecule has 1 aromatic carbocycles. The second-order valence-corrected chi connectivity index (χ2v) is 6.40. The standard InChI is InChI=1S/C18H28N2O3/c1-13-8-4-6-10-16(13)23-17-11-7-5-9-15(17)19-18(22)20(3)14(2)12-21/h4,6,8,10,14-15,17,21H,5,7,9,11-12H2,1-3H3,(H,19,22). The highest BCUT2D eigenvalue weighted by molar-refractivity contribution is 5.74. The number of rotatable bonds is 5. The van der Waals surface area contributed by atoms with Crippen molar-refractivity contribution in [3.8, 4) is 5.75 Å². The van der Waals surface area contributed by atoms with Gasteiger partial charge in [0.2, 0.25) is 0 Å². The van der Waals surface area contributed by atoms with Gasteiger partial charge in [0, 0.05) is 7.05 Å². The van der Waals surface area contributed by atoms with Gasteiger partial charge in [-0.1, -0.05) is 24.6 Å². The Labute approximate surface area is 138 Å². The van der Waals surface area contributed by atoms with Crippen molar-refractivity contribution >= 4 is 6.03 Å². The fraction of sp³-hybridized carbons (Fsp3) is 0.611. The molecule has 0 radical (unpaired) electrons. The Morgan fingerprint density at radius 2 is 2.09 bits per heavy atom. The first-order valence-corrected chi connectivity index (χ1v) is 8.39. The number of urea groups is 1. The largest absolute Gasteiger partial charge is 0.488 e. The molecule has 5 nitrogen and oxygen atoms in total. The first-order chi connectivity index (χ1) is 11.0. The van der Waals surface area contributed by atoms with E-state index in [9.17, 15) is 9.90 Å². The number of hydrogen-bond acceptors (Lipinski definition) is 3. The number of aliphatic hydroxyl groups is 1. The van der Waals surface area contributed by atoms with Crippen LogP contribution in [0, 0.1) is 6.92 Å². The van der Waals surface area contributed by atoms with Crippen molar-refractivity contribution < 1.29 is 14.6 Å². The molecule has 0 spiro atoms. The van der Waals surface area contributed by atoms with Crippen LogP contribution in [-0.2, 0) is 0 Å². The molecule has 3 unspecified atom stereocenters. The zero-order valence-corrected chi connectivity index (χ0v) is 14.3. The number of nitrogens with one attached hydrogen (secondary N) is 1.